The molecule has 1 heterocycles. The molecule has 0 spiro atoms. The van der Waals surface area contributed by atoms with Crippen LogP contribution in [0.4, 0.5) is 13.2 Å². The molecule has 3 rings (SSSR count). The van der Waals surface area contributed by atoms with Crippen molar-refractivity contribution in [1.82, 2.24) is 9.78 Å². The second-order valence-electron chi connectivity index (χ2n) is 5.55. The minimum absolute atomic E-state index is 0.324. The number of aromatic nitrogens is 2. The molecule has 9 heteroatoms. The third-order valence-electron chi connectivity index (χ3n) is 3.92. The molecule has 28 heavy (non-hydrogen) atoms. The Hall–Kier alpha value is -3.62. The Labute approximate surface area is 157 Å². The monoisotopic (exact) mass is 390 g/mol. The Balaban J connectivity index is 2.40. The molecule has 144 valence electrons. The van der Waals surface area contributed by atoms with Gasteiger partial charge in [-0.2, -0.15) is 5.10 Å². The molecule has 3 aromatic rings. The number of benzene rings is 2. The summed E-state index contributed by atoms with van der Waals surface area (Å²) in [6.45, 7) is 0. The molecule has 0 radical (unpaired) electrons. The first-order valence-corrected chi connectivity index (χ1v) is 7.89. The molecule has 6 nitrogen and oxygen atoms in total. The van der Waals surface area contributed by atoms with Crippen LogP contribution in [0.1, 0.15) is 20.8 Å². The van der Waals surface area contributed by atoms with Gasteiger partial charge in [0.2, 0.25) is 0 Å². The summed E-state index contributed by atoms with van der Waals surface area (Å²) < 4.78 is 51.9. The number of nitrogens with zero attached hydrogens (tertiary/aromatic N) is 2. The summed E-state index contributed by atoms with van der Waals surface area (Å²) >= 11 is 0. The van der Waals surface area contributed by atoms with Gasteiger partial charge in [-0.05, 0) is 18.2 Å². The summed E-state index contributed by atoms with van der Waals surface area (Å²) in [7, 11) is 2.14. The van der Waals surface area contributed by atoms with E-state index in [9.17, 15) is 22.8 Å². The number of hydrogen-bond acceptors (Lipinski definition) is 5. The standard InChI is InChI=1S/C19H13F3N2O4/c1-27-18(25)15-16(11-8-13(21)14(22)9-12(11)20)23-24(17(15)19(26)28-2)10-6-4-3-5-7-10/h3-9H,1-2H3. The van der Waals surface area contributed by atoms with Crippen molar-refractivity contribution in [3.8, 4) is 16.9 Å². The maximum Gasteiger partial charge on any atom is 0.357 e. The molecule has 0 bridgehead atoms. The van der Waals surface area contributed by atoms with E-state index in [1.807, 2.05) is 0 Å². The van der Waals surface area contributed by atoms with E-state index >= 15 is 0 Å². The highest BCUT2D eigenvalue weighted by Crippen LogP contribution is 2.31. The van der Waals surface area contributed by atoms with E-state index in [2.05, 4.69) is 9.84 Å². The summed E-state index contributed by atoms with van der Waals surface area (Å²) in [4.78, 5) is 24.8. The Morgan fingerprint density at radius 2 is 1.50 bits per heavy atom. The molecule has 0 saturated carbocycles. The van der Waals surface area contributed by atoms with Crippen LogP contribution in [-0.2, 0) is 9.47 Å². The summed E-state index contributed by atoms with van der Waals surface area (Å²) in [5.74, 6) is -5.90. The van der Waals surface area contributed by atoms with Gasteiger partial charge in [-0.25, -0.2) is 27.4 Å². The van der Waals surface area contributed by atoms with E-state index in [-0.39, 0.29) is 5.69 Å². The molecule has 0 aliphatic heterocycles. The van der Waals surface area contributed by atoms with Crippen molar-refractivity contribution in [2.75, 3.05) is 14.2 Å². The first-order chi connectivity index (χ1) is 13.4. The quantitative estimate of drug-likeness (QED) is 0.504. The van der Waals surface area contributed by atoms with Crippen LogP contribution in [0.15, 0.2) is 42.5 Å². The Morgan fingerprint density at radius 1 is 0.893 bits per heavy atom. The van der Waals surface area contributed by atoms with Gasteiger partial charge in [-0.1, -0.05) is 18.2 Å². The molecule has 0 N–H and O–H groups in total. The minimum atomic E-state index is -1.41. The molecule has 0 aliphatic carbocycles. The lowest BCUT2D eigenvalue weighted by Gasteiger charge is -2.07. The number of rotatable bonds is 4. The molecule has 1 aromatic heterocycles. The summed E-state index contributed by atoms with van der Waals surface area (Å²) in [5, 5.41) is 4.11. The van der Waals surface area contributed by atoms with Crippen molar-refractivity contribution < 1.29 is 32.2 Å². The zero-order valence-corrected chi connectivity index (χ0v) is 14.7. The average Bonchev–Trinajstić information content (AvgIpc) is 3.10. The van der Waals surface area contributed by atoms with Crippen molar-refractivity contribution in [3.05, 3.63) is 71.2 Å². The Morgan fingerprint density at radius 3 is 2.11 bits per heavy atom. The van der Waals surface area contributed by atoms with Crippen LogP contribution in [0, 0.1) is 17.5 Å². The fraction of sp³-hybridized carbons (Fsp3) is 0.105. The lowest BCUT2D eigenvalue weighted by molar-refractivity contribution is 0.0549. The van der Waals surface area contributed by atoms with Gasteiger partial charge in [0, 0.05) is 11.6 Å². The van der Waals surface area contributed by atoms with Crippen molar-refractivity contribution in [2.45, 2.75) is 0 Å². The molecule has 0 atom stereocenters. The molecule has 0 unspecified atom stereocenters. The van der Waals surface area contributed by atoms with Gasteiger partial charge in [0.25, 0.3) is 0 Å². The number of esters is 2. The highest BCUT2D eigenvalue weighted by molar-refractivity contribution is 6.06. The minimum Gasteiger partial charge on any atom is -0.465 e. The number of ether oxygens (including phenoxy) is 2. The Kier molecular flexibility index (Phi) is 5.16. The zero-order chi connectivity index (χ0) is 20.4. The molecular weight excluding hydrogens is 377 g/mol. The van der Waals surface area contributed by atoms with Gasteiger partial charge in [0.1, 0.15) is 17.1 Å². The number of para-hydroxylation sites is 1. The molecule has 2 aromatic carbocycles. The van der Waals surface area contributed by atoms with Crippen LogP contribution in [0.3, 0.4) is 0 Å². The highest BCUT2D eigenvalue weighted by atomic mass is 19.2. The molecule has 0 aliphatic rings. The number of methoxy groups -OCH3 is 2. The van der Waals surface area contributed by atoms with Gasteiger partial charge in [-0.15, -0.1) is 0 Å². The second-order valence-corrected chi connectivity index (χ2v) is 5.55. The lowest BCUT2D eigenvalue weighted by atomic mass is 10.0. The second kappa shape index (κ2) is 7.55. The van der Waals surface area contributed by atoms with Crippen LogP contribution in [0.2, 0.25) is 0 Å². The van der Waals surface area contributed by atoms with Gasteiger partial charge in [0.15, 0.2) is 17.3 Å². The van der Waals surface area contributed by atoms with Crippen molar-refractivity contribution in [3.63, 3.8) is 0 Å². The van der Waals surface area contributed by atoms with Crippen LogP contribution < -0.4 is 0 Å². The number of hydrogen-bond donors (Lipinski definition) is 0. The fourth-order valence-electron chi connectivity index (χ4n) is 2.65. The van der Waals surface area contributed by atoms with E-state index < -0.39 is 46.2 Å². The first kappa shape index (κ1) is 19.2. The molecule has 0 saturated heterocycles. The van der Waals surface area contributed by atoms with Crippen LogP contribution >= 0.6 is 0 Å². The van der Waals surface area contributed by atoms with Crippen molar-refractivity contribution in [1.29, 1.82) is 0 Å². The number of carbonyl (C=O) groups is 2. The predicted molar refractivity (Wildman–Crippen MR) is 91.6 cm³/mol. The topological polar surface area (TPSA) is 70.4 Å². The average molecular weight is 390 g/mol. The zero-order valence-electron chi connectivity index (χ0n) is 14.7. The fourth-order valence-corrected chi connectivity index (χ4v) is 2.65. The maximum absolute atomic E-state index is 14.4. The highest BCUT2D eigenvalue weighted by Gasteiger charge is 2.32. The largest absolute Gasteiger partial charge is 0.465 e. The van der Waals surface area contributed by atoms with Gasteiger partial charge in [0.05, 0.1) is 19.9 Å². The summed E-state index contributed by atoms with van der Waals surface area (Å²) in [5.41, 5.74) is -1.35. The van der Waals surface area contributed by atoms with E-state index in [1.54, 1.807) is 30.3 Å². The maximum atomic E-state index is 14.4. The third-order valence-corrected chi connectivity index (χ3v) is 3.92. The smallest absolute Gasteiger partial charge is 0.357 e. The number of carbonyl (C=O) groups excluding carboxylic acids is 2. The summed E-state index contributed by atoms with van der Waals surface area (Å²) in [6, 6.07) is 9.03. The van der Waals surface area contributed by atoms with Crippen molar-refractivity contribution in [2.24, 2.45) is 0 Å². The molecular formula is C19H13F3N2O4. The van der Waals surface area contributed by atoms with Crippen LogP contribution in [0.25, 0.3) is 16.9 Å². The number of halogens is 3. The van der Waals surface area contributed by atoms with E-state index in [0.29, 0.717) is 17.8 Å². The first-order valence-electron chi connectivity index (χ1n) is 7.89. The van der Waals surface area contributed by atoms with Gasteiger partial charge in [-0.3, -0.25) is 0 Å². The van der Waals surface area contributed by atoms with E-state index in [0.717, 1.165) is 18.9 Å². The predicted octanol–water partition coefficient (Wildman–Crippen LogP) is 3.53. The van der Waals surface area contributed by atoms with Gasteiger partial charge < -0.3 is 9.47 Å². The van der Waals surface area contributed by atoms with Crippen molar-refractivity contribution >= 4 is 11.9 Å². The SMILES string of the molecule is COC(=O)c1c(-c2cc(F)c(F)cc2F)nn(-c2ccccc2)c1C(=O)OC. The molecule has 0 fully saturated rings. The lowest BCUT2D eigenvalue weighted by Crippen LogP contribution is -2.15. The third kappa shape index (κ3) is 3.22. The van der Waals surface area contributed by atoms with E-state index in [4.69, 9.17) is 4.74 Å². The summed E-state index contributed by atoms with van der Waals surface area (Å²) in [6.07, 6.45) is 0. The van der Waals surface area contributed by atoms with Gasteiger partial charge >= 0.3 is 11.9 Å². The van der Waals surface area contributed by atoms with Crippen LogP contribution in [-0.4, -0.2) is 35.9 Å². The normalized spacial score (nSPS) is 10.6. The Bertz CT molecular complexity index is 1060. The molecule has 0 amide bonds. The van der Waals surface area contributed by atoms with Crippen LogP contribution in [0.5, 0.6) is 0 Å². The van der Waals surface area contributed by atoms with E-state index in [1.165, 1.54) is 0 Å².